The second-order valence-electron chi connectivity index (χ2n) is 6.34. The number of nitrogens with zero attached hydrogens (tertiary/aromatic N) is 3. The summed E-state index contributed by atoms with van der Waals surface area (Å²) in [6.07, 6.45) is 3.34. The zero-order valence-electron chi connectivity index (χ0n) is 13.5. The van der Waals surface area contributed by atoms with E-state index in [1.165, 1.54) is 30.8 Å². The molecule has 0 aliphatic carbocycles. The standard InChI is InChI=1S/C18H20N4OS/c19-9-13-17(14-11-23-8-5-15(14)21-18(13)20)16-4-3-12(24-16)10-22-6-1-2-7-22/h3-4H,1-2,5-8,10-11H2,(H2,20,21). The molecule has 1 fully saturated rings. The molecule has 124 valence electrons. The predicted molar refractivity (Wildman–Crippen MR) is 94.5 cm³/mol. The van der Waals surface area contributed by atoms with Crippen molar-refractivity contribution in [2.24, 2.45) is 0 Å². The smallest absolute Gasteiger partial charge is 0.142 e. The van der Waals surface area contributed by atoms with Gasteiger partial charge in [-0.1, -0.05) is 0 Å². The first-order valence-electron chi connectivity index (χ1n) is 8.37. The van der Waals surface area contributed by atoms with Crippen molar-refractivity contribution in [3.8, 4) is 16.5 Å². The van der Waals surface area contributed by atoms with Crippen LogP contribution in [0.5, 0.6) is 0 Å². The van der Waals surface area contributed by atoms with Crippen LogP contribution in [0.3, 0.4) is 0 Å². The molecule has 2 N–H and O–H groups in total. The molecule has 0 unspecified atom stereocenters. The summed E-state index contributed by atoms with van der Waals surface area (Å²) in [5.41, 5.74) is 9.47. The Bertz CT molecular complexity index is 802. The monoisotopic (exact) mass is 340 g/mol. The largest absolute Gasteiger partial charge is 0.383 e. The van der Waals surface area contributed by atoms with E-state index in [4.69, 9.17) is 10.5 Å². The molecule has 6 heteroatoms. The van der Waals surface area contributed by atoms with Crippen LogP contribution in [0.4, 0.5) is 5.82 Å². The Morgan fingerprint density at radius 3 is 2.96 bits per heavy atom. The Labute approximate surface area is 145 Å². The van der Waals surface area contributed by atoms with E-state index in [9.17, 15) is 5.26 Å². The Hall–Kier alpha value is -1.94. The molecule has 2 aromatic rings. The molecule has 24 heavy (non-hydrogen) atoms. The summed E-state index contributed by atoms with van der Waals surface area (Å²) in [5, 5.41) is 9.58. The summed E-state index contributed by atoms with van der Waals surface area (Å²) >= 11 is 1.75. The zero-order chi connectivity index (χ0) is 16.5. The highest BCUT2D eigenvalue weighted by molar-refractivity contribution is 7.15. The molecule has 0 bridgehead atoms. The number of hydrogen-bond acceptors (Lipinski definition) is 6. The SMILES string of the molecule is N#Cc1c(N)nc2c(c1-c1ccc(CN3CCCC3)s1)COCC2. The second kappa shape index (κ2) is 6.52. The first-order chi connectivity index (χ1) is 11.8. The molecule has 0 amide bonds. The number of aromatic nitrogens is 1. The quantitative estimate of drug-likeness (QED) is 0.930. The number of likely N-dealkylation sites (tertiary alicyclic amines) is 1. The van der Waals surface area contributed by atoms with Crippen molar-refractivity contribution in [2.75, 3.05) is 25.4 Å². The maximum atomic E-state index is 9.58. The van der Waals surface area contributed by atoms with E-state index < -0.39 is 0 Å². The first kappa shape index (κ1) is 15.6. The Morgan fingerprint density at radius 2 is 2.17 bits per heavy atom. The maximum absolute atomic E-state index is 9.58. The van der Waals surface area contributed by atoms with E-state index in [-0.39, 0.29) is 0 Å². The third kappa shape index (κ3) is 2.80. The molecule has 0 spiro atoms. The summed E-state index contributed by atoms with van der Waals surface area (Å²) in [6.45, 7) is 4.53. The van der Waals surface area contributed by atoms with Gasteiger partial charge in [0.2, 0.25) is 0 Å². The van der Waals surface area contributed by atoms with Crippen LogP contribution < -0.4 is 5.73 Å². The number of fused-ring (bicyclic) bond motifs is 1. The summed E-state index contributed by atoms with van der Waals surface area (Å²) in [6, 6.07) is 6.53. The summed E-state index contributed by atoms with van der Waals surface area (Å²) in [5.74, 6) is 0.336. The molecule has 0 aromatic carbocycles. The fourth-order valence-corrected chi connectivity index (χ4v) is 4.67. The highest BCUT2D eigenvalue weighted by atomic mass is 32.1. The average molecular weight is 340 g/mol. The fourth-order valence-electron chi connectivity index (χ4n) is 3.54. The molecule has 1 saturated heterocycles. The predicted octanol–water partition coefficient (Wildman–Crippen LogP) is 2.93. The molecule has 0 saturated carbocycles. The Morgan fingerprint density at radius 1 is 1.33 bits per heavy atom. The highest BCUT2D eigenvalue weighted by Gasteiger charge is 2.23. The molecule has 4 heterocycles. The lowest BCUT2D eigenvalue weighted by atomic mass is 9.97. The van der Waals surface area contributed by atoms with Crippen molar-refractivity contribution in [1.82, 2.24) is 9.88 Å². The molecule has 2 aliphatic rings. The minimum Gasteiger partial charge on any atom is -0.383 e. The third-order valence-electron chi connectivity index (χ3n) is 4.74. The van der Waals surface area contributed by atoms with E-state index in [1.54, 1.807) is 11.3 Å². The Balaban J connectivity index is 1.74. The first-order valence-corrected chi connectivity index (χ1v) is 9.18. The lowest BCUT2D eigenvalue weighted by Crippen LogP contribution is -2.17. The van der Waals surface area contributed by atoms with E-state index in [0.29, 0.717) is 24.6 Å². The van der Waals surface area contributed by atoms with Crippen LogP contribution >= 0.6 is 11.3 Å². The van der Waals surface area contributed by atoms with Crippen LogP contribution in [-0.4, -0.2) is 29.6 Å². The van der Waals surface area contributed by atoms with Gasteiger partial charge in [-0.3, -0.25) is 4.90 Å². The van der Waals surface area contributed by atoms with Crippen molar-refractivity contribution < 1.29 is 4.74 Å². The van der Waals surface area contributed by atoms with E-state index in [2.05, 4.69) is 28.1 Å². The number of thiophene rings is 1. The topological polar surface area (TPSA) is 75.2 Å². The number of pyridine rings is 1. The van der Waals surface area contributed by atoms with Gasteiger partial charge in [0.15, 0.2) is 0 Å². The number of nitrogens with two attached hydrogens (primary N) is 1. The highest BCUT2D eigenvalue weighted by Crippen LogP contribution is 2.38. The molecule has 4 rings (SSSR count). The molecular weight excluding hydrogens is 320 g/mol. The zero-order valence-corrected chi connectivity index (χ0v) is 14.4. The van der Waals surface area contributed by atoms with Gasteiger partial charge in [-0.15, -0.1) is 11.3 Å². The Kier molecular flexibility index (Phi) is 4.23. The number of rotatable bonds is 3. The minimum atomic E-state index is 0.336. The van der Waals surface area contributed by atoms with Gasteiger partial charge >= 0.3 is 0 Å². The third-order valence-corrected chi connectivity index (χ3v) is 5.83. The van der Waals surface area contributed by atoms with Crippen molar-refractivity contribution in [2.45, 2.75) is 32.4 Å². The van der Waals surface area contributed by atoms with Crippen LogP contribution in [0.1, 0.15) is 34.5 Å². The van der Waals surface area contributed by atoms with Crippen molar-refractivity contribution in [1.29, 1.82) is 5.26 Å². The van der Waals surface area contributed by atoms with Gasteiger partial charge in [-0.2, -0.15) is 5.26 Å². The van der Waals surface area contributed by atoms with Gasteiger partial charge in [-0.25, -0.2) is 4.98 Å². The number of nitrogen functional groups attached to an aromatic ring is 1. The average Bonchev–Trinajstić information content (AvgIpc) is 3.26. The van der Waals surface area contributed by atoms with Crippen molar-refractivity contribution in [3.05, 3.63) is 33.8 Å². The summed E-state index contributed by atoms with van der Waals surface area (Å²) in [4.78, 5) is 9.34. The van der Waals surface area contributed by atoms with Crippen molar-refractivity contribution in [3.63, 3.8) is 0 Å². The van der Waals surface area contributed by atoms with Gasteiger partial charge in [-0.05, 0) is 38.1 Å². The van der Waals surface area contributed by atoms with Crippen LogP contribution in [0.15, 0.2) is 12.1 Å². The maximum Gasteiger partial charge on any atom is 0.142 e. The second-order valence-corrected chi connectivity index (χ2v) is 7.50. The number of hydrogen-bond donors (Lipinski definition) is 1. The molecule has 0 radical (unpaired) electrons. The van der Waals surface area contributed by atoms with Gasteiger partial charge in [0.25, 0.3) is 0 Å². The van der Waals surface area contributed by atoms with Gasteiger partial charge < -0.3 is 10.5 Å². The van der Waals surface area contributed by atoms with E-state index in [0.717, 1.165) is 34.7 Å². The lowest BCUT2D eigenvalue weighted by Gasteiger charge is -2.20. The summed E-state index contributed by atoms with van der Waals surface area (Å²) in [7, 11) is 0. The van der Waals surface area contributed by atoms with E-state index >= 15 is 0 Å². The van der Waals surface area contributed by atoms with Crippen LogP contribution in [-0.2, 0) is 24.3 Å². The lowest BCUT2D eigenvalue weighted by molar-refractivity contribution is 0.109. The van der Waals surface area contributed by atoms with Crippen LogP contribution in [0, 0.1) is 11.3 Å². The molecule has 0 atom stereocenters. The van der Waals surface area contributed by atoms with Gasteiger partial charge in [0.1, 0.15) is 17.5 Å². The summed E-state index contributed by atoms with van der Waals surface area (Å²) < 4.78 is 5.62. The number of nitriles is 1. The fraction of sp³-hybridized carbons (Fsp3) is 0.444. The number of ether oxygens (including phenoxy) is 1. The van der Waals surface area contributed by atoms with Gasteiger partial charge in [0.05, 0.1) is 18.9 Å². The number of anilines is 1. The van der Waals surface area contributed by atoms with Gasteiger partial charge in [0, 0.05) is 33.8 Å². The van der Waals surface area contributed by atoms with E-state index in [1.807, 2.05) is 0 Å². The normalized spacial score (nSPS) is 17.6. The van der Waals surface area contributed by atoms with Crippen LogP contribution in [0.2, 0.25) is 0 Å². The molecule has 2 aliphatic heterocycles. The van der Waals surface area contributed by atoms with Crippen molar-refractivity contribution >= 4 is 17.2 Å². The molecule has 2 aromatic heterocycles. The minimum absolute atomic E-state index is 0.336. The molecule has 5 nitrogen and oxygen atoms in total. The molecular formula is C18H20N4OS. The van der Waals surface area contributed by atoms with Crippen LogP contribution in [0.25, 0.3) is 10.4 Å².